The summed E-state index contributed by atoms with van der Waals surface area (Å²) >= 11 is 0. The van der Waals surface area contributed by atoms with Crippen LogP contribution in [0.1, 0.15) is 23.2 Å². The van der Waals surface area contributed by atoms with Crippen molar-refractivity contribution in [2.24, 2.45) is 7.05 Å². The molecule has 0 radical (unpaired) electrons. The number of nitrogens with one attached hydrogen (secondary N) is 2. The lowest BCUT2D eigenvalue weighted by Gasteiger charge is -2.39. The van der Waals surface area contributed by atoms with Crippen LogP contribution < -0.4 is 15.6 Å². The number of aromatic nitrogens is 4. The number of anilines is 2. The van der Waals surface area contributed by atoms with Gasteiger partial charge in [-0.15, -0.1) is 0 Å². The molecule has 0 saturated carbocycles. The van der Waals surface area contributed by atoms with Crippen LogP contribution in [0, 0.1) is 11.6 Å². The topological polar surface area (TPSA) is 129 Å². The Bertz CT molecular complexity index is 1990. The molecule has 1 aromatic carbocycles. The van der Waals surface area contributed by atoms with Crippen LogP contribution in [0.4, 0.5) is 20.2 Å². The van der Waals surface area contributed by atoms with Crippen LogP contribution in [-0.4, -0.2) is 89.0 Å². The van der Waals surface area contributed by atoms with Gasteiger partial charge < -0.3 is 29.6 Å². The highest BCUT2D eigenvalue weighted by molar-refractivity contribution is 6.18. The van der Waals surface area contributed by atoms with Crippen LogP contribution >= 0.6 is 0 Å². The molecule has 0 aliphatic carbocycles. The standard InChI is InChI=1S/C31H33F2N7O4/c1-34-22-11-21(32)25(33)23-24-27(40-7-5-6-17(14-40)38(2)8-9-44-4)19(13-35-29(24)37-26(22)23)16-10-18-28(41)20(31(42)43)15-39(3)30(18)36-12-16/h10-13,15,17,34H,5-9,14H2,1-4H3,(H,35,37)(H,42,43). The van der Waals surface area contributed by atoms with E-state index in [9.17, 15) is 19.1 Å². The first-order valence-corrected chi connectivity index (χ1v) is 14.3. The van der Waals surface area contributed by atoms with Gasteiger partial charge in [-0.05, 0) is 26.0 Å². The van der Waals surface area contributed by atoms with Gasteiger partial charge in [0, 0.05) is 82.7 Å². The van der Waals surface area contributed by atoms with Crippen molar-refractivity contribution in [3.63, 3.8) is 0 Å². The molecule has 4 aromatic heterocycles. The number of aromatic carboxylic acids is 1. The van der Waals surface area contributed by atoms with Gasteiger partial charge in [0.15, 0.2) is 11.6 Å². The Morgan fingerprint density at radius 1 is 1.25 bits per heavy atom. The lowest BCUT2D eigenvalue weighted by Crippen LogP contribution is -2.47. The maximum Gasteiger partial charge on any atom is 0.341 e. The molecule has 5 heterocycles. The summed E-state index contributed by atoms with van der Waals surface area (Å²) in [6.07, 6.45) is 6.27. The predicted octanol–water partition coefficient (Wildman–Crippen LogP) is 4.20. The molecular formula is C31H33F2N7O4. The van der Waals surface area contributed by atoms with Gasteiger partial charge in [0.25, 0.3) is 0 Å². The Labute approximate surface area is 251 Å². The number of piperidine rings is 1. The fraction of sp³-hybridized carbons (Fsp3) is 0.355. The number of carboxylic acid groups (broad SMARTS) is 1. The van der Waals surface area contributed by atoms with E-state index in [0.717, 1.165) is 25.5 Å². The number of hydrogen-bond acceptors (Lipinski definition) is 8. The van der Waals surface area contributed by atoms with E-state index in [4.69, 9.17) is 4.74 Å². The molecule has 1 aliphatic heterocycles. The van der Waals surface area contributed by atoms with E-state index >= 15 is 4.39 Å². The molecule has 1 aliphatic rings. The summed E-state index contributed by atoms with van der Waals surface area (Å²) in [5.74, 6) is -3.32. The van der Waals surface area contributed by atoms with E-state index in [-0.39, 0.29) is 22.4 Å². The van der Waals surface area contributed by atoms with Gasteiger partial charge in [0.1, 0.15) is 16.9 Å². The quantitative estimate of drug-likeness (QED) is 0.238. The van der Waals surface area contributed by atoms with Crippen molar-refractivity contribution in [3.05, 3.63) is 58.1 Å². The van der Waals surface area contributed by atoms with E-state index in [1.54, 1.807) is 39.7 Å². The molecule has 6 rings (SSSR count). The first-order valence-electron chi connectivity index (χ1n) is 14.3. The van der Waals surface area contributed by atoms with E-state index < -0.39 is 23.0 Å². The Balaban J connectivity index is 1.64. The van der Waals surface area contributed by atoms with Gasteiger partial charge in [-0.2, -0.15) is 0 Å². The van der Waals surface area contributed by atoms with E-state index in [1.165, 1.54) is 10.8 Å². The Morgan fingerprint density at radius 3 is 2.77 bits per heavy atom. The van der Waals surface area contributed by atoms with Crippen LogP contribution in [0.15, 0.2) is 35.5 Å². The molecule has 44 heavy (non-hydrogen) atoms. The monoisotopic (exact) mass is 605 g/mol. The third-order valence-corrected chi connectivity index (χ3v) is 8.57. The van der Waals surface area contributed by atoms with Crippen LogP contribution in [0.3, 0.4) is 0 Å². The number of fused-ring (bicyclic) bond motifs is 4. The van der Waals surface area contributed by atoms with Crippen molar-refractivity contribution < 1.29 is 23.4 Å². The third kappa shape index (κ3) is 4.81. The highest BCUT2D eigenvalue weighted by Crippen LogP contribution is 2.44. The Kier molecular flexibility index (Phi) is 7.68. The zero-order valence-corrected chi connectivity index (χ0v) is 24.9. The second kappa shape index (κ2) is 11.5. The number of H-pyrrole nitrogens is 1. The summed E-state index contributed by atoms with van der Waals surface area (Å²) in [4.78, 5) is 41.7. The normalized spacial score (nSPS) is 15.6. The number of likely N-dealkylation sites (N-methyl/N-ethyl adjacent to an activating group) is 1. The summed E-state index contributed by atoms with van der Waals surface area (Å²) in [5.41, 5.74) is 2.12. The number of aromatic amines is 1. The maximum absolute atomic E-state index is 15.7. The number of halogens is 2. The van der Waals surface area contributed by atoms with E-state index in [1.807, 2.05) is 7.05 Å². The van der Waals surface area contributed by atoms with Gasteiger partial charge in [-0.3, -0.25) is 9.69 Å². The minimum atomic E-state index is -1.34. The van der Waals surface area contributed by atoms with Crippen molar-refractivity contribution in [1.29, 1.82) is 0 Å². The smallest absolute Gasteiger partial charge is 0.341 e. The average Bonchev–Trinajstić information content (AvgIpc) is 3.42. The fourth-order valence-corrected chi connectivity index (χ4v) is 6.28. The summed E-state index contributed by atoms with van der Waals surface area (Å²) < 4.78 is 37.5. The van der Waals surface area contributed by atoms with Gasteiger partial charge in [-0.25, -0.2) is 23.5 Å². The molecule has 13 heteroatoms. The van der Waals surface area contributed by atoms with Crippen molar-refractivity contribution in [1.82, 2.24) is 24.4 Å². The molecule has 5 aromatic rings. The summed E-state index contributed by atoms with van der Waals surface area (Å²) in [6, 6.07) is 2.87. The minimum Gasteiger partial charge on any atom is -0.477 e. The van der Waals surface area contributed by atoms with E-state index in [2.05, 4.69) is 30.1 Å². The van der Waals surface area contributed by atoms with Crippen molar-refractivity contribution in [2.75, 3.05) is 57.7 Å². The van der Waals surface area contributed by atoms with Crippen LogP contribution in [0.5, 0.6) is 0 Å². The lowest BCUT2D eigenvalue weighted by atomic mass is 9.97. The molecule has 0 amide bonds. The van der Waals surface area contributed by atoms with Crippen molar-refractivity contribution in [3.8, 4) is 11.1 Å². The fourth-order valence-electron chi connectivity index (χ4n) is 6.28. The molecule has 0 spiro atoms. The predicted molar refractivity (Wildman–Crippen MR) is 166 cm³/mol. The molecule has 11 nitrogen and oxygen atoms in total. The highest BCUT2D eigenvalue weighted by Gasteiger charge is 2.30. The lowest BCUT2D eigenvalue weighted by molar-refractivity contribution is 0.0695. The summed E-state index contributed by atoms with van der Waals surface area (Å²) in [5, 5.41) is 13.2. The summed E-state index contributed by atoms with van der Waals surface area (Å²) in [6.45, 7) is 2.55. The van der Waals surface area contributed by atoms with Gasteiger partial charge in [0.05, 0.1) is 39.7 Å². The van der Waals surface area contributed by atoms with Crippen molar-refractivity contribution >= 4 is 50.3 Å². The number of pyridine rings is 3. The van der Waals surface area contributed by atoms with Gasteiger partial charge in [0.2, 0.25) is 5.43 Å². The largest absolute Gasteiger partial charge is 0.477 e. The number of benzene rings is 1. The molecule has 3 N–H and O–H groups in total. The zero-order chi connectivity index (χ0) is 31.3. The number of carbonyl (C=O) groups is 1. The third-order valence-electron chi connectivity index (χ3n) is 8.57. The number of hydrogen-bond donors (Lipinski definition) is 3. The molecular weight excluding hydrogens is 572 g/mol. The minimum absolute atomic E-state index is 0.0707. The first-order chi connectivity index (χ1) is 21.1. The van der Waals surface area contributed by atoms with Crippen LogP contribution in [0.25, 0.3) is 44.1 Å². The molecule has 1 saturated heterocycles. The van der Waals surface area contributed by atoms with Crippen molar-refractivity contribution in [2.45, 2.75) is 18.9 Å². The van der Waals surface area contributed by atoms with Crippen LogP contribution in [-0.2, 0) is 11.8 Å². The number of ether oxygens (including phenoxy) is 1. The highest BCUT2D eigenvalue weighted by atomic mass is 19.2. The van der Waals surface area contributed by atoms with Gasteiger partial charge in [-0.1, -0.05) is 0 Å². The summed E-state index contributed by atoms with van der Waals surface area (Å²) in [7, 11) is 6.96. The Hall–Kier alpha value is -4.62. The molecule has 1 unspecified atom stereocenters. The zero-order valence-electron chi connectivity index (χ0n) is 24.9. The SMILES string of the molecule is CNc1cc(F)c(F)c2c1[nH]c1ncc(-c3cnc4c(c3)c(=O)c(C(=O)O)cn4C)c(N3CCCC(N(C)CCOC)C3)c12. The Morgan fingerprint density at radius 2 is 2.05 bits per heavy atom. The molecule has 1 atom stereocenters. The first kappa shape index (κ1) is 29.5. The second-order valence-corrected chi connectivity index (χ2v) is 11.2. The molecule has 230 valence electrons. The number of nitrogens with zero attached hydrogens (tertiary/aromatic N) is 5. The average molecular weight is 606 g/mol. The van der Waals surface area contributed by atoms with E-state index in [0.29, 0.717) is 64.4 Å². The number of rotatable bonds is 8. The number of aryl methyl sites for hydroxylation is 1. The number of methoxy groups -OCH3 is 1. The molecule has 0 bridgehead atoms. The van der Waals surface area contributed by atoms with Crippen LogP contribution in [0.2, 0.25) is 0 Å². The number of carboxylic acids is 1. The van der Waals surface area contributed by atoms with Gasteiger partial charge >= 0.3 is 5.97 Å². The second-order valence-electron chi connectivity index (χ2n) is 11.2. The maximum atomic E-state index is 15.7. The molecule has 1 fully saturated rings.